The van der Waals surface area contributed by atoms with Crippen molar-refractivity contribution in [3.8, 4) is 0 Å². The summed E-state index contributed by atoms with van der Waals surface area (Å²) in [7, 11) is -3.75. The molecule has 5 rings (SSSR count). The lowest BCUT2D eigenvalue weighted by atomic mass is 9.84. The number of aromatic nitrogens is 2. The summed E-state index contributed by atoms with van der Waals surface area (Å²) >= 11 is 0. The number of aromatic amines is 1. The number of carbonyl (C=O) groups is 2. The summed E-state index contributed by atoms with van der Waals surface area (Å²) in [5, 5.41) is 10.3. The number of fused-ring (bicyclic) bond motifs is 1. The molecule has 3 atom stereocenters. The highest BCUT2D eigenvalue weighted by Gasteiger charge is 2.40. The molecule has 2 aliphatic carbocycles. The third-order valence-electron chi connectivity index (χ3n) is 8.31. The number of sulfonamides is 1. The van der Waals surface area contributed by atoms with E-state index < -0.39 is 22.1 Å². The molecule has 10 heteroatoms. The van der Waals surface area contributed by atoms with Crippen LogP contribution in [-0.4, -0.2) is 60.0 Å². The maximum absolute atomic E-state index is 13.9. The molecule has 1 aromatic heterocycles. The molecule has 2 heterocycles. The number of aryl methyl sites for hydroxylation is 1. The van der Waals surface area contributed by atoms with Gasteiger partial charge in [0.25, 0.3) is 0 Å². The van der Waals surface area contributed by atoms with Crippen LogP contribution in [0.1, 0.15) is 74.6 Å². The molecule has 206 valence electrons. The number of hydrogen-bond acceptors (Lipinski definition) is 5. The van der Waals surface area contributed by atoms with E-state index in [9.17, 15) is 18.0 Å². The normalized spacial score (nSPS) is 23.1. The van der Waals surface area contributed by atoms with Crippen LogP contribution >= 0.6 is 0 Å². The highest BCUT2D eigenvalue weighted by Crippen LogP contribution is 2.29. The average molecular weight is 542 g/mol. The number of rotatable bonds is 9. The highest BCUT2D eigenvalue weighted by atomic mass is 32.2. The van der Waals surface area contributed by atoms with E-state index in [4.69, 9.17) is 0 Å². The van der Waals surface area contributed by atoms with E-state index in [-0.39, 0.29) is 23.6 Å². The lowest BCUT2D eigenvalue weighted by Gasteiger charge is -2.32. The molecule has 1 aromatic carbocycles. The van der Waals surface area contributed by atoms with Crippen molar-refractivity contribution in [1.82, 2.24) is 25.1 Å². The summed E-state index contributed by atoms with van der Waals surface area (Å²) < 4.78 is 29.1. The van der Waals surface area contributed by atoms with Crippen LogP contribution in [0.5, 0.6) is 0 Å². The SMILES string of the molecule is O=C(NC1CCc2[nH]ncc2C1)[C@@H]1CCCN1C(=O)[C@@H](CC1CCCCC1)NS(=O)(=O)Cc1ccccc1. The predicted octanol–water partition coefficient (Wildman–Crippen LogP) is 2.83. The Labute approximate surface area is 225 Å². The van der Waals surface area contributed by atoms with Gasteiger partial charge in [-0.15, -0.1) is 0 Å². The molecule has 0 bridgehead atoms. The number of likely N-dealkylation sites (tertiary alicyclic amines) is 1. The maximum atomic E-state index is 13.9. The van der Waals surface area contributed by atoms with Crippen LogP contribution in [0, 0.1) is 5.92 Å². The van der Waals surface area contributed by atoms with Gasteiger partial charge in [-0.05, 0) is 55.6 Å². The molecule has 2 amide bonds. The number of amides is 2. The van der Waals surface area contributed by atoms with Gasteiger partial charge in [0.1, 0.15) is 12.1 Å². The van der Waals surface area contributed by atoms with E-state index in [1.54, 1.807) is 17.0 Å². The van der Waals surface area contributed by atoms with Gasteiger partial charge >= 0.3 is 0 Å². The zero-order valence-corrected chi connectivity index (χ0v) is 22.7. The molecule has 0 radical (unpaired) electrons. The Kier molecular flexibility index (Phi) is 8.48. The van der Waals surface area contributed by atoms with E-state index in [1.165, 1.54) is 6.42 Å². The summed E-state index contributed by atoms with van der Waals surface area (Å²) in [4.78, 5) is 28.9. The van der Waals surface area contributed by atoms with Gasteiger partial charge in [0.05, 0.1) is 11.9 Å². The number of carbonyl (C=O) groups excluding carboxylic acids is 2. The molecular formula is C28H39N5O4S. The predicted molar refractivity (Wildman–Crippen MR) is 144 cm³/mol. The van der Waals surface area contributed by atoms with Crippen LogP contribution in [0.25, 0.3) is 0 Å². The number of nitrogens with zero attached hydrogens (tertiary/aromatic N) is 2. The van der Waals surface area contributed by atoms with Gasteiger partial charge in [0, 0.05) is 18.3 Å². The van der Waals surface area contributed by atoms with Crippen LogP contribution in [-0.2, 0) is 38.2 Å². The van der Waals surface area contributed by atoms with Gasteiger partial charge in [0.15, 0.2) is 0 Å². The second kappa shape index (κ2) is 12.0. The molecule has 2 fully saturated rings. The molecule has 38 heavy (non-hydrogen) atoms. The van der Waals surface area contributed by atoms with Gasteiger partial charge in [-0.3, -0.25) is 14.7 Å². The van der Waals surface area contributed by atoms with Crippen molar-refractivity contribution in [2.45, 2.75) is 94.5 Å². The molecule has 2 aromatic rings. The minimum Gasteiger partial charge on any atom is -0.351 e. The topological polar surface area (TPSA) is 124 Å². The first-order valence-corrected chi connectivity index (χ1v) is 15.7. The van der Waals surface area contributed by atoms with E-state index in [0.717, 1.165) is 62.6 Å². The summed E-state index contributed by atoms with van der Waals surface area (Å²) in [6.07, 6.45) is 11.4. The number of nitrogens with one attached hydrogen (secondary N) is 3. The maximum Gasteiger partial charge on any atom is 0.243 e. The second-order valence-corrected chi connectivity index (χ2v) is 12.9. The van der Waals surface area contributed by atoms with E-state index in [2.05, 4.69) is 20.2 Å². The van der Waals surface area contributed by atoms with E-state index in [0.29, 0.717) is 30.9 Å². The molecule has 1 aliphatic heterocycles. The molecule has 1 unspecified atom stereocenters. The largest absolute Gasteiger partial charge is 0.351 e. The molecule has 0 spiro atoms. The van der Waals surface area contributed by atoms with Gasteiger partial charge in [0.2, 0.25) is 21.8 Å². The van der Waals surface area contributed by atoms with Gasteiger partial charge in [-0.1, -0.05) is 62.4 Å². The van der Waals surface area contributed by atoms with Gasteiger partial charge in [-0.2, -0.15) is 5.10 Å². The van der Waals surface area contributed by atoms with Crippen LogP contribution in [0.3, 0.4) is 0 Å². The Hall–Kier alpha value is -2.72. The number of benzene rings is 1. The molecule has 3 aliphatic rings. The number of hydrogen-bond donors (Lipinski definition) is 3. The summed E-state index contributed by atoms with van der Waals surface area (Å²) in [6, 6.07) is 7.59. The van der Waals surface area contributed by atoms with Crippen molar-refractivity contribution >= 4 is 21.8 Å². The third kappa shape index (κ3) is 6.64. The lowest BCUT2D eigenvalue weighted by molar-refractivity contribution is -0.140. The highest BCUT2D eigenvalue weighted by molar-refractivity contribution is 7.88. The Morgan fingerprint density at radius 3 is 2.63 bits per heavy atom. The Morgan fingerprint density at radius 2 is 1.84 bits per heavy atom. The zero-order chi connectivity index (χ0) is 26.5. The fourth-order valence-electron chi connectivity index (χ4n) is 6.35. The van der Waals surface area contributed by atoms with Crippen molar-refractivity contribution < 1.29 is 18.0 Å². The van der Waals surface area contributed by atoms with Crippen molar-refractivity contribution in [3.05, 3.63) is 53.3 Å². The van der Waals surface area contributed by atoms with Crippen LogP contribution in [0.4, 0.5) is 0 Å². The molecule has 9 nitrogen and oxygen atoms in total. The fourth-order valence-corrected chi connectivity index (χ4v) is 7.69. The second-order valence-electron chi connectivity index (χ2n) is 11.2. The minimum absolute atomic E-state index is 0.00700. The number of H-pyrrole nitrogens is 1. The fraction of sp³-hybridized carbons (Fsp3) is 0.607. The van der Waals surface area contributed by atoms with Gasteiger partial charge < -0.3 is 10.2 Å². The third-order valence-corrected chi connectivity index (χ3v) is 9.67. The lowest BCUT2D eigenvalue weighted by Crippen LogP contribution is -2.55. The van der Waals surface area contributed by atoms with E-state index >= 15 is 0 Å². The van der Waals surface area contributed by atoms with E-state index in [1.807, 2.05) is 24.4 Å². The van der Waals surface area contributed by atoms with Crippen molar-refractivity contribution in [2.75, 3.05) is 6.54 Å². The van der Waals surface area contributed by atoms with Crippen molar-refractivity contribution in [1.29, 1.82) is 0 Å². The first-order valence-electron chi connectivity index (χ1n) is 14.0. The molecule has 1 saturated carbocycles. The standard InChI is InChI=1S/C28H39N5O4S/c34-27(30-23-13-14-24-22(17-23)18-29-31-24)26-12-7-15-33(26)28(35)25(16-20-8-3-1-4-9-20)32-38(36,37)19-21-10-5-2-6-11-21/h2,5-6,10-11,18,20,23,25-26,32H,1,3-4,7-9,12-17,19H2,(H,29,31)(H,30,34)/t23?,25-,26+/m1/s1. The smallest absolute Gasteiger partial charge is 0.243 e. The summed E-state index contributed by atoms with van der Waals surface area (Å²) in [5.74, 6) is -0.287. The van der Waals surface area contributed by atoms with Crippen LogP contribution < -0.4 is 10.0 Å². The average Bonchev–Trinajstić information content (AvgIpc) is 3.58. The summed E-state index contributed by atoms with van der Waals surface area (Å²) in [5.41, 5.74) is 2.93. The first-order chi connectivity index (χ1) is 18.4. The zero-order valence-electron chi connectivity index (χ0n) is 21.9. The molecular weight excluding hydrogens is 502 g/mol. The first kappa shape index (κ1) is 26.9. The Bertz CT molecular complexity index is 1210. The molecule has 3 N–H and O–H groups in total. The van der Waals surface area contributed by atoms with Crippen LogP contribution in [0.15, 0.2) is 36.5 Å². The minimum atomic E-state index is -3.75. The monoisotopic (exact) mass is 541 g/mol. The van der Waals surface area contributed by atoms with Crippen molar-refractivity contribution in [2.24, 2.45) is 5.92 Å². The Balaban J connectivity index is 1.27. The molecule has 1 saturated heterocycles. The summed E-state index contributed by atoms with van der Waals surface area (Å²) in [6.45, 7) is 0.467. The van der Waals surface area contributed by atoms with Crippen molar-refractivity contribution in [3.63, 3.8) is 0 Å². The Morgan fingerprint density at radius 1 is 1.05 bits per heavy atom. The van der Waals surface area contributed by atoms with Gasteiger partial charge in [-0.25, -0.2) is 13.1 Å². The van der Waals surface area contributed by atoms with Crippen LogP contribution in [0.2, 0.25) is 0 Å². The quantitative estimate of drug-likeness (QED) is 0.450.